The third kappa shape index (κ3) is 4.70. The minimum absolute atomic E-state index is 0.0208. The first-order chi connectivity index (χ1) is 10.1. The number of anilines is 1. The van der Waals surface area contributed by atoms with Crippen LogP contribution >= 0.6 is 11.6 Å². The van der Waals surface area contributed by atoms with Crippen molar-refractivity contribution in [1.29, 1.82) is 0 Å². The summed E-state index contributed by atoms with van der Waals surface area (Å²) in [5, 5.41) is 7.09. The van der Waals surface area contributed by atoms with E-state index in [1.165, 1.54) is 0 Å². The fourth-order valence-corrected chi connectivity index (χ4v) is 2.94. The molecule has 1 fully saturated rings. The number of hydrogen-bond donors (Lipinski definition) is 2. The van der Waals surface area contributed by atoms with Gasteiger partial charge in [-0.2, -0.15) is 0 Å². The lowest BCUT2D eigenvalue weighted by Crippen LogP contribution is -2.57. The quantitative estimate of drug-likeness (QED) is 0.879. The largest absolute Gasteiger partial charge is 0.325 e. The Balaban J connectivity index is 1.93. The lowest BCUT2D eigenvalue weighted by Gasteiger charge is -2.39. The van der Waals surface area contributed by atoms with E-state index in [9.17, 15) is 4.79 Å². The molecule has 21 heavy (non-hydrogen) atoms. The van der Waals surface area contributed by atoms with Gasteiger partial charge in [0.2, 0.25) is 5.91 Å². The van der Waals surface area contributed by atoms with Gasteiger partial charge in [-0.1, -0.05) is 31.5 Å². The first kappa shape index (κ1) is 16.3. The van der Waals surface area contributed by atoms with Crippen LogP contribution in [0.5, 0.6) is 0 Å². The van der Waals surface area contributed by atoms with Crippen LogP contribution in [-0.4, -0.2) is 42.5 Å². The van der Waals surface area contributed by atoms with Gasteiger partial charge in [0.05, 0.1) is 6.54 Å². The topological polar surface area (TPSA) is 44.4 Å². The van der Waals surface area contributed by atoms with Crippen LogP contribution in [0.15, 0.2) is 24.3 Å². The molecule has 1 heterocycles. The van der Waals surface area contributed by atoms with Crippen molar-refractivity contribution in [3.8, 4) is 0 Å². The van der Waals surface area contributed by atoms with Crippen molar-refractivity contribution in [3.05, 3.63) is 29.3 Å². The molecule has 0 bridgehead atoms. The summed E-state index contributed by atoms with van der Waals surface area (Å²) in [4.78, 5) is 14.5. The number of halogens is 1. The second-order valence-corrected chi connectivity index (χ2v) is 6.00. The van der Waals surface area contributed by atoms with Crippen molar-refractivity contribution < 1.29 is 4.79 Å². The summed E-state index contributed by atoms with van der Waals surface area (Å²) in [5.74, 6) is 0.0208. The molecule has 2 unspecified atom stereocenters. The third-order valence-corrected chi connectivity index (χ3v) is 4.27. The fourth-order valence-electron chi connectivity index (χ4n) is 2.75. The van der Waals surface area contributed by atoms with Gasteiger partial charge in [0.25, 0.3) is 0 Å². The first-order valence-electron chi connectivity index (χ1n) is 7.65. The molecule has 4 nitrogen and oxygen atoms in total. The van der Waals surface area contributed by atoms with Crippen LogP contribution in [0.2, 0.25) is 5.02 Å². The molecule has 1 aromatic carbocycles. The number of nitrogens with one attached hydrogen (secondary N) is 2. The minimum Gasteiger partial charge on any atom is -0.325 e. The number of hydrogen-bond acceptors (Lipinski definition) is 3. The number of benzene rings is 1. The molecular weight excluding hydrogens is 286 g/mol. The maximum Gasteiger partial charge on any atom is 0.238 e. The molecule has 1 saturated heterocycles. The lowest BCUT2D eigenvalue weighted by atomic mass is 10.1. The molecule has 2 N–H and O–H groups in total. The second-order valence-electron chi connectivity index (χ2n) is 5.56. The normalized spacial score (nSPS) is 23.0. The maximum atomic E-state index is 12.2. The van der Waals surface area contributed by atoms with Crippen molar-refractivity contribution in [2.24, 2.45) is 0 Å². The van der Waals surface area contributed by atoms with E-state index in [-0.39, 0.29) is 5.91 Å². The number of carbonyl (C=O) groups excluding carboxylic acids is 1. The van der Waals surface area contributed by atoms with Gasteiger partial charge in [-0.25, -0.2) is 0 Å². The van der Waals surface area contributed by atoms with Crippen LogP contribution in [0, 0.1) is 0 Å². The summed E-state index contributed by atoms with van der Waals surface area (Å²) in [6.07, 6.45) is 2.14. The highest BCUT2D eigenvalue weighted by Crippen LogP contribution is 2.16. The van der Waals surface area contributed by atoms with Crippen molar-refractivity contribution in [2.45, 2.75) is 38.8 Å². The fraction of sp³-hybridized carbons (Fsp3) is 0.562. The Hall–Kier alpha value is -1.10. The SMILES string of the molecule is CCC1CN(CC(=O)Nc2cccc(Cl)c2)C(CC)CN1. The van der Waals surface area contributed by atoms with E-state index in [1.807, 2.05) is 12.1 Å². The van der Waals surface area contributed by atoms with Crippen LogP contribution in [0.4, 0.5) is 5.69 Å². The summed E-state index contributed by atoms with van der Waals surface area (Å²) in [7, 11) is 0. The molecule has 2 atom stereocenters. The van der Waals surface area contributed by atoms with E-state index in [0.717, 1.165) is 31.6 Å². The molecule has 1 amide bonds. The van der Waals surface area contributed by atoms with E-state index in [2.05, 4.69) is 29.4 Å². The molecule has 0 saturated carbocycles. The van der Waals surface area contributed by atoms with Gasteiger partial charge in [0.15, 0.2) is 0 Å². The van der Waals surface area contributed by atoms with E-state index in [0.29, 0.717) is 23.7 Å². The Morgan fingerprint density at radius 1 is 1.43 bits per heavy atom. The number of nitrogens with zero attached hydrogens (tertiary/aromatic N) is 1. The molecule has 0 radical (unpaired) electrons. The summed E-state index contributed by atoms with van der Waals surface area (Å²) in [5.41, 5.74) is 0.753. The summed E-state index contributed by atoms with van der Waals surface area (Å²) < 4.78 is 0. The number of rotatable bonds is 5. The number of piperazine rings is 1. The van der Waals surface area contributed by atoms with Gasteiger partial charge < -0.3 is 10.6 Å². The van der Waals surface area contributed by atoms with Gasteiger partial charge in [-0.3, -0.25) is 9.69 Å². The zero-order chi connectivity index (χ0) is 15.2. The predicted molar refractivity (Wildman–Crippen MR) is 87.8 cm³/mol. The Labute approximate surface area is 131 Å². The molecule has 116 valence electrons. The van der Waals surface area contributed by atoms with Crippen LogP contribution in [0.25, 0.3) is 0 Å². The molecule has 0 spiro atoms. The highest BCUT2D eigenvalue weighted by molar-refractivity contribution is 6.30. The molecule has 1 aromatic rings. The molecular formula is C16H24ClN3O. The van der Waals surface area contributed by atoms with Crippen molar-refractivity contribution in [2.75, 3.05) is 25.0 Å². The highest BCUT2D eigenvalue weighted by atomic mass is 35.5. The van der Waals surface area contributed by atoms with Crippen LogP contribution in [0.1, 0.15) is 26.7 Å². The summed E-state index contributed by atoms with van der Waals surface area (Å²) >= 11 is 5.93. The molecule has 1 aliphatic heterocycles. The van der Waals surface area contributed by atoms with Crippen LogP contribution in [0.3, 0.4) is 0 Å². The van der Waals surface area contributed by atoms with Gasteiger partial charge in [-0.05, 0) is 31.0 Å². The second kappa shape index (κ2) is 7.78. The van der Waals surface area contributed by atoms with E-state index in [4.69, 9.17) is 11.6 Å². The number of amides is 1. The monoisotopic (exact) mass is 309 g/mol. The van der Waals surface area contributed by atoms with E-state index in [1.54, 1.807) is 12.1 Å². The highest BCUT2D eigenvalue weighted by Gasteiger charge is 2.27. The van der Waals surface area contributed by atoms with E-state index < -0.39 is 0 Å². The Morgan fingerprint density at radius 3 is 2.90 bits per heavy atom. The predicted octanol–water partition coefficient (Wildman–Crippen LogP) is 2.74. The van der Waals surface area contributed by atoms with Crippen molar-refractivity contribution in [3.63, 3.8) is 0 Å². The summed E-state index contributed by atoms with van der Waals surface area (Å²) in [6, 6.07) is 8.17. The van der Waals surface area contributed by atoms with Crippen LogP contribution in [-0.2, 0) is 4.79 Å². The van der Waals surface area contributed by atoms with Gasteiger partial charge in [0, 0.05) is 35.9 Å². The summed E-state index contributed by atoms with van der Waals surface area (Å²) in [6.45, 7) is 6.66. The Bertz CT molecular complexity index is 480. The van der Waals surface area contributed by atoms with Crippen LogP contribution < -0.4 is 10.6 Å². The first-order valence-corrected chi connectivity index (χ1v) is 8.03. The standard InChI is InChI=1S/C16H24ClN3O/c1-3-13-10-20(15(4-2)9-18-13)11-16(21)19-14-7-5-6-12(17)8-14/h5-8,13,15,18H,3-4,9-11H2,1-2H3,(H,19,21). The lowest BCUT2D eigenvalue weighted by molar-refractivity contribution is -0.118. The van der Waals surface area contributed by atoms with Gasteiger partial charge >= 0.3 is 0 Å². The molecule has 0 aromatic heterocycles. The molecule has 1 aliphatic rings. The smallest absolute Gasteiger partial charge is 0.238 e. The zero-order valence-electron chi connectivity index (χ0n) is 12.7. The van der Waals surface area contributed by atoms with Gasteiger partial charge in [0.1, 0.15) is 0 Å². The molecule has 2 rings (SSSR count). The Morgan fingerprint density at radius 2 is 2.24 bits per heavy atom. The van der Waals surface area contributed by atoms with Gasteiger partial charge in [-0.15, -0.1) is 0 Å². The van der Waals surface area contributed by atoms with E-state index >= 15 is 0 Å². The van der Waals surface area contributed by atoms with Crippen molar-refractivity contribution in [1.82, 2.24) is 10.2 Å². The third-order valence-electron chi connectivity index (χ3n) is 4.03. The molecule has 0 aliphatic carbocycles. The Kier molecular flexibility index (Phi) is 6.03. The average Bonchev–Trinajstić information content (AvgIpc) is 2.47. The molecule has 5 heteroatoms. The maximum absolute atomic E-state index is 12.2. The average molecular weight is 310 g/mol. The minimum atomic E-state index is 0.0208. The van der Waals surface area contributed by atoms with Crippen molar-refractivity contribution >= 4 is 23.2 Å². The zero-order valence-corrected chi connectivity index (χ0v) is 13.5. The number of carbonyl (C=O) groups is 1.